The van der Waals surface area contributed by atoms with E-state index in [4.69, 9.17) is 0 Å². The van der Waals surface area contributed by atoms with E-state index in [-0.39, 0.29) is 23.5 Å². The highest BCUT2D eigenvalue weighted by Crippen LogP contribution is 2.34. The van der Waals surface area contributed by atoms with Gasteiger partial charge in [-0.05, 0) is 12.5 Å². The largest absolute Gasteiger partial charge is 0.391 e. The lowest BCUT2D eigenvalue weighted by Gasteiger charge is -2.21. The van der Waals surface area contributed by atoms with Crippen molar-refractivity contribution in [1.82, 2.24) is 0 Å². The monoisotopic (exact) mass is 258 g/mol. The number of halogens is 2. The second kappa shape index (κ2) is 4.85. The van der Waals surface area contributed by atoms with Crippen molar-refractivity contribution in [2.24, 2.45) is 0 Å². The van der Waals surface area contributed by atoms with Gasteiger partial charge in [-0.1, -0.05) is 0 Å². The summed E-state index contributed by atoms with van der Waals surface area (Å²) in [6.45, 7) is 0.746. The first-order valence-corrected chi connectivity index (χ1v) is 5.48. The van der Waals surface area contributed by atoms with Gasteiger partial charge in [-0.2, -0.15) is 0 Å². The van der Waals surface area contributed by atoms with Gasteiger partial charge in [0.25, 0.3) is 12.1 Å². The summed E-state index contributed by atoms with van der Waals surface area (Å²) in [6.07, 6.45) is -2.80. The van der Waals surface area contributed by atoms with Gasteiger partial charge in [0, 0.05) is 36.5 Å². The highest BCUT2D eigenvalue weighted by Gasteiger charge is 2.26. The number of nitro benzene ring substituents is 1. The van der Waals surface area contributed by atoms with Gasteiger partial charge in [0.2, 0.25) is 0 Å². The van der Waals surface area contributed by atoms with E-state index in [1.807, 2.05) is 0 Å². The number of rotatable bonds is 3. The fraction of sp³-hybridized carbons (Fsp3) is 0.455. The molecule has 0 amide bonds. The lowest BCUT2D eigenvalue weighted by Crippen LogP contribution is -2.22. The number of benzene rings is 1. The van der Waals surface area contributed by atoms with Gasteiger partial charge in [0.15, 0.2) is 0 Å². The molecule has 1 aliphatic heterocycles. The van der Waals surface area contributed by atoms with Gasteiger partial charge >= 0.3 is 0 Å². The summed E-state index contributed by atoms with van der Waals surface area (Å²) in [5.41, 5.74) is -0.459. The highest BCUT2D eigenvalue weighted by atomic mass is 19.3. The van der Waals surface area contributed by atoms with Crippen LogP contribution in [0.4, 0.5) is 20.2 Å². The summed E-state index contributed by atoms with van der Waals surface area (Å²) >= 11 is 0. The number of β-amino-alcohol motifs (C(OH)–C–C–N with tert-alkyl or cyclic N) is 1. The Kier molecular flexibility index (Phi) is 3.42. The molecule has 1 atom stereocenters. The van der Waals surface area contributed by atoms with Crippen LogP contribution in [-0.4, -0.2) is 29.2 Å². The SMILES string of the molecule is O=[N+]([O-])c1ccc(N2CCC(O)C2)c(C(F)F)c1. The van der Waals surface area contributed by atoms with Crippen LogP contribution in [0.3, 0.4) is 0 Å². The van der Waals surface area contributed by atoms with Gasteiger partial charge in [-0.25, -0.2) is 8.78 Å². The Labute approximate surface area is 102 Å². The Morgan fingerprint density at radius 2 is 2.22 bits per heavy atom. The fourth-order valence-corrected chi connectivity index (χ4v) is 2.08. The van der Waals surface area contributed by atoms with Gasteiger partial charge < -0.3 is 10.0 Å². The summed E-state index contributed by atoms with van der Waals surface area (Å²) in [7, 11) is 0. The molecule has 0 spiro atoms. The number of hydrogen-bond acceptors (Lipinski definition) is 4. The number of hydrogen-bond donors (Lipinski definition) is 1. The van der Waals surface area contributed by atoms with Crippen LogP contribution in [0.2, 0.25) is 0 Å². The summed E-state index contributed by atoms with van der Waals surface area (Å²) in [6, 6.07) is 3.41. The first kappa shape index (κ1) is 12.7. The molecule has 1 heterocycles. The standard InChI is InChI=1S/C11H12F2N2O3/c12-11(13)9-5-7(15(17)18)1-2-10(9)14-4-3-8(16)6-14/h1-2,5,8,11,16H,3-4,6H2. The van der Waals surface area contributed by atoms with Crippen LogP contribution in [0.15, 0.2) is 18.2 Å². The summed E-state index contributed by atoms with van der Waals surface area (Å²) < 4.78 is 25.8. The van der Waals surface area contributed by atoms with Gasteiger partial charge in [-0.15, -0.1) is 0 Å². The van der Waals surface area contributed by atoms with Crippen molar-refractivity contribution < 1.29 is 18.8 Å². The normalized spacial score (nSPS) is 19.6. The predicted molar refractivity (Wildman–Crippen MR) is 60.9 cm³/mol. The third-order valence-corrected chi connectivity index (χ3v) is 2.96. The average Bonchev–Trinajstić information content (AvgIpc) is 2.74. The Morgan fingerprint density at radius 3 is 2.72 bits per heavy atom. The summed E-state index contributed by atoms with van der Waals surface area (Å²) in [5.74, 6) is 0. The van der Waals surface area contributed by atoms with Crippen LogP contribution in [0.5, 0.6) is 0 Å². The third-order valence-electron chi connectivity index (χ3n) is 2.96. The van der Waals surface area contributed by atoms with E-state index in [2.05, 4.69) is 0 Å². The van der Waals surface area contributed by atoms with Crippen LogP contribution >= 0.6 is 0 Å². The van der Waals surface area contributed by atoms with E-state index in [9.17, 15) is 24.0 Å². The molecule has 1 aromatic carbocycles. The van der Waals surface area contributed by atoms with Crippen molar-refractivity contribution in [2.45, 2.75) is 19.0 Å². The zero-order valence-corrected chi connectivity index (χ0v) is 9.42. The second-order valence-corrected chi connectivity index (χ2v) is 4.19. The van der Waals surface area contributed by atoms with E-state index in [0.717, 1.165) is 6.07 Å². The molecule has 1 saturated heterocycles. The number of alkyl halides is 2. The number of nitrogens with zero attached hydrogens (tertiary/aromatic N) is 2. The van der Waals surface area contributed by atoms with Gasteiger partial charge in [0.1, 0.15) is 0 Å². The first-order valence-electron chi connectivity index (χ1n) is 5.48. The zero-order chi connectivity index (χ0) is 13.3. The number of aliphatic hydroxyl groups excluding tert-OH is 1. The van der Waals surface area contributed by atoms with Crippen LogP contribution < -0.4 is 4.90 Å². The van der Waals surface area contributed by atoms with Gasteiger partial charge in [0.05, 0.1) is 11.0 Å². The molecule has 0 aliphatic carbocycles. The molecular formula is C11H12F2N2O3. The molecule has 2 rings (SSSR count). The molecule has 0 radical (unpaired) electrons. The molecular weight excluding hydrogens is 246 g/mol. The maximum Gasteiger partial charge on any atom is 0.270 e. The van der Waals surface area contributed by atoms with Crippen LogP contribution in [0.25, 0.3) is 0 Å². The molecule has 1 N–H and O–H groups in total. The smallest absolute Gasteiger partial charge is 0.270 e. The maximum absolute atomic E-state index is 12.9. The molecule has 1 fully saturated rings. The number of nitro groups is 1. The van der Waals surface area contributed by atoms with Crippen molar-refractivity contribution in [3.63, 3.8) is 0 Å². The maximum atomic E-state index is 12.9. The minimum Gasteiger partial charge on any atom is -0.391 e. The molecule has 7 heteroatoms. The van der Waals surface area contributed by atoms with E-state index in [1.54, 1.807) is 4.90 Å². The van der Waals surface area contributed by atoms with E-state index >= 15 is 0 Å². The Bertz CT molecular complexity index is 468. The molecule has 0 bridgehead atoms. The van der Waals surface area contributed by atoms with Crippen molar-refractivity contribution in [2.75, 3.05) is 18.0 Å². The van der Waals surface area contributed by atoms with E-state index < -0.39 is 17.5 Å². The molecule has 0 aromatic heterocycles. The number of non-ortho nitro benzene ring substituents is 1. The lowest BCUT2D eigenvalue weighted by molar-refractivity contribution is -0.385. The minimum absolute atomic E-state index is 0.257. The fourth-order valence-electron chi connectivity index (χ4n) is 2.08. The minimum atomic E-state index is -2.78. The molecule has 18 heavy (non-hydrogen) atoms. The predicted octanol–water partition coefficient (Wildman–Crippen LogP) is 2.10. The van der Waals surface area contributed by atoms with Crippen molar-refractivity contribution in [3.05, 3.63) is 33.9 Å². The zero-order valence-electron chi connectivity index (χ0n) is 9.42. The number of anilines is 1. The highest BCUT2D eigenvalue weighted by molar-refractivity contribution is 5.59. The Balaban J connectivity index is 2.37. The topological polar surface area (TPSA) is 66.6 Å². The van der Waals surface area contributed by atoms with E-state index in [1.165, 1.54) is 12.1 Å². The van der Waals surface area contributed by atoms with Crippen LogP contribution in [-0.2, 0) is 0 Å². The summed E-state index contributed by atoms with van der Waals surface area (Å²) in [5, 5.41) is 20.0. The average molecular weight is 258 g/mol. The van der Waals surface area contributed by atoms with Crippen LogP contribution in [0, 0.1) is 10.1 Å². The van der Waals surface area contributed by atoms with Crippen molar-refractivity contribution in [3.8, 4) is 0 Å². The van der Waals surface area contributed by atoms with Gasteiger partial charge in [-0.3, -0.25) is 10.1 Å². The Morgan fingerprint density at radius 1 is 1.50 bits per heavy atom. The Hall–Kier alpha value is -1.76. The van der Waals surface area contributed by atoms with Crippen molar-refractivity contribution in [1.29, 1.82) is 0 Å². The lowest BCUT2D eigenvalue weighted by atomic mass is 10.1. The van der Waals surface area contributed by atoms with E-state index in [0.29, 0.717) is 13.0 Å². The molecule has 98 valence electrons. The second-order valence-electron chi connectivity index (χ2n) is 4.19. The van der Waals surface area contributed by atoms with Crippen LogP contribution in [0.1, 0.15) is 18.4 Å². The summed E-state index contributed by atoms with van der Waals surface area (Å²) in [4.78, 5) is 11.5. The molecule has 1 unspecified atom stereocenters. The molecule has 0 saturated carbocycles. The quantitative estimate of drug-likeness (QED) is 0.666. The molecule has 5 nitrogen and oxygen atoms in total. The third kappa shape index (κ3) is 2.40. The van der Waals surface area contributed by atoms with Crippen molar-refractivity contribution >= 4 is 11.4 Å². The number of aliphatic hydroxyl groups is 1. The first-order chi connectivity index (χ1) is 8.49. The molecule has 1 aliphatic rings. The molecule has 1 aromatic rings.